The lowest BCUT2D eigenvalue weighted by atomic mass is 11.1. The van der Waals surface area contributed by atoms with Crippen molar-refractivity contribution in [3.05, 3.63) is 10.1 Å². The highest BCUT2D eigenvalue weighted by Crippen LogP contribution is 1.51. The van der Waals surface area contributed by atoms with Crippen molar-refractivity contribution in [3.63, 3.8) is 0 Å². The van der Waals surface area contributed by atoms with Gasteiger partial charge in [-0.25, -0.2) is 10.1 Å². The van der Waals surface area contributed by atoms with Crippen molar-refractivity contribution in [2.75, 3.05) is 0 Å². The summed E-state index contributed by atoms with van der Waals surface area (Å²) in [6, 6.07) is 3.08. The summed E-state index contributed by atoms with van der Waals surface area (Å²) in [5, 5.41) is 9.15. The van der Waals surface area contributed by atoms with E-state index in [1.807, 2.05) is 0 Å². The third-order valence-corrected chi connectivity index (χ3v) is 0.156. The summed E-state index contributed by atoms with van der Waals surface area (Å²) in [6.07, 6.45) is 0. The fraction of sp³-hybridized carbons (Fsp3) is 0. The molecule has 0 aliphatic rings. The predicted molar refractivity (Wildman–Crippen MR) is 19.0 cm³/mol. The highest BCUT2D eigenvalue weighted by Gasteiger charge is 1.75. The van der Waals surface area contributed by atoms with Gasteiger partial charge in [0.2, 0.25) is 0 Å². The molecule has 0 saturated heterocycles. The van der Waals surface area contributed by atoms with E-state index >= 15 is 0 Å². The van der Waals surface area contributed by atoms with E-state index in [1.165, 1.54) is 6.04 Å². The third kappa shape index (κ3) is 2.76. The van der Waals surface area contributed by atoms with Crippen molar-refractivity contribution < 1.29 is 4.92 Å². The van der Waals surface area contributed by atoms with Crippen LogP contribution < -0.4 is 5.73 Å². The molecule has 0 aliphatic carbocycles. The fourth-order valence-corrected chi connectivity index (χ4v) is 0.0527. The Bertz CT molecular complexity index is 108. The molecule has 0 rings (SSSR count). The van der Waals surface area contributed by atoms with Crippen molar-refractivity contribution in [2.24, 2.45) is 5.73 Å². The molecule has 0 heterocycles. The molecule has 0 radical (unpaired) electrons. The van der Waals surface area contributed by atoms with Crippen LogP contribution in [0.3, 0.4) is 0 Å². The first-order valence-corrected chi connectivity index (χ1v) is 1.13. The molecule has 0 aromatic heterocycles. The Morgan fingerprint density at radius 3 is 2.33 bits per heavy atom. The van der Waals surface area contributed by atoms with Gasteiger partial charge in [0.1, 0.15) is 4.92 Å². The average Bonchev–Trinajstić information content (AvgIpc) is 1.35. The van der Waals surface area contributed by atoms with Gasteiger partial charge in [-0.2, -0.15) is 0 Å². The highest BCUT2D eigenvalue weighted by atomic mass is 16.6. The van der Waals surface area contributed by atoms with E-state index in [2.05, 4.69) is 5.73 Å². The van der Waals surface area contributed by atoms with E-state index < -0.39 is 4.92 Å². The third-order valence-electron chi connectivity index (χ3n) is 0.156. The van der Waals surface area contributed by atoms with Gasteiger partial charge in [0.25, 0.3) is 0 Å². The van der Waals surface area contributed by atoms with E-state index in [9.17, 15) is 0 Å². The molecule has 0 aromatic rings. The van der Waals surface area contributed by atoms with Crippen LogP contribution >= 0.6 is 0 Å². The topological polar surface area (TPSA) is 69.2 Å². The molecule has 0 unspecified atom stereocenters. The molecule has 0 fully saturated rings. The molecular weight excluding hydrogens is 84.0 g/mol. The summed E-state index contributed by atoms with van der Waals surface area (Å²) in [6.45, 7) is 0. The molecule has 0 amide bonds. The Morgan fingerprint density at radius 1 is 1.83 bits per heavy atom. The van der Waals surface area contributed by atoms with Gasteiger partial charge in [-0.05, 0) is 0 Å². The second-order valence-corrected chi connectivity index (χ2v) is 0.513. The fourth-order valence-electron chi connectivity index (χ4n) is 0.0527. The van der Waals surface area contributed by atoms with Crippen LogP contribution in [0.4, 0.5) is 0 Å². The Balaban J connectivity index is 3.50. The molecule has 32 valence electrons. The van der Waals surface area contributed by atoms with Crippen molar-refractivity contribution in [3.8, 4) is 12.1 Å². The zero-order valence-corrected chi connectivity index (χ0v) is 2.84. The summed E-state index contributed by atoms with van der Waals surface area (Å²) < 4.78 is 0. The van der Waals surface area contributed by atoms with Crippen molar-refractivity contribution in [1.82, 2.24) is 0 Å². The van der Waals surface area contributed by atoms with Crippen LogP contribution in [0.5, 0.6) is 0 Å². The lowest BCUT2D eigenvalue weighted by Crippen LogP contribution is -1.86. The van der Waals surface area contributed by atoms with Gasteiger partial charge >= 0.3 is 6.04 Å². The second-order valence-electron chi connectivity index (χ2n) is 0.513. The van der Waals surface area contributed by atoms with Gasteiger partial charge in [0, 0.05) is 0 Å². The predicted octanol–water partition coefficient (Wildman–Crippen LogP) is -0.860. The molecule has 0 aliphatic heterocycles. The van der Waals surface area contributed by atoms with E-state index in [-0.39, 0.29) is 0 Å². The van der Waals surface area contributed by atoms with Gasteiger partial charge in [-0.15, -0.1) is 0 Å². The molecule has 6 heavy (non-hydrogen) atoms. The lowest BCUT2D eigenvalue weighted by molar-refractivity contribution is -0.379. The maximum atomic E-state index is 9.15. The minimum absolute atomic E-state index is 0.806. The summed E-state index contributed by atoms with van der Waals surface area (Å²) in [4.78, 5) is 8.35. The highest BCUT2D eigenvalue weighted by molar-refractivity contribution is 4.81. The SMILES string of the molecule is NC#C[N+](=O)[O-]. The van der Waals surface area contributed by atoms with Gasteiger partial charge in [0.15, 0.2) is 0 Å². The quantitative estimate of drug-likeness (QED) is 0.180. The van der Waals surface area contributed by atoms with Gasteiger partial charge in [-0.3, -0.25) is 0 Å². The van der Waals surface area contributed by atoms with Crippen molar-refractivity contribution >= 4 is 0 Å². The molecule has 0 bridgehead atoms. The smallest absolute Gasteiger partial charge is 0.313 e. The standard InChI is InChI=1S/C2H2N2O2/c3-1-2-4(5)6/h3H2. The summed E-state index contributed by atoms with van der Waals surface area (Å²) in [5.41, 5.74) is 4.43. The van der Waals surface area contributed by atoms with Crippen LogP contribution in [-0.2, 0) is 0 Å². The average molecular weight is 86.0 g/mol. The number of hydrogen-bond donors (Lipinski definition) is 1. The van der Waals surface area contributed by atoms with Crippen LogP contribution in [0.1, 0.15) is 0 Å². The zero-order valence-electron chi connectivity index (χ0n) is 2.84. The van der Waals surface area contributed by atoms with E-state index in [0.29, 0.717) is 0 Å². The largest absolute Gasteiger partial charge is 0.354 e. The van der Waals surface area contributed by atoms with E-state index in [0.717, 1.165) is 0 Å². The van der Waals surface area contributed by atoms with Crippen LogP contribution in [0.25, 0.3) is 0 Å². The van der Waals surface area contributed by atoms with Crippen LogP contribution in [0.15, 0.2) is 0 Å². The first-order valence-electron chi connectivity index (χ1n) is 1.13. The van der Waals surface area contributed by atoms with Crippen LogP contribution in [-0.4, -0.2) is 4.92 Å². The van der Waals surface area contributed by atoms with E-state index in [4.69, 9.17) is 10.1 Å². The number of nitrogens with zero attached hydrogens (tertiary/aromatic N) is 1. The summed E-state index contributed by atoms with van der Waals surface area (Å²) in [5.74, 6) is 0. The lowest BCUT2D eigenvalue weighted by Gasteiger charge is -1.61. The molecular formula is C2H2N2O2. The van der Waals surface area contributed by atoms with Gasteiger partial charge in [0.05, 0.1) is 6.04 Å². The number of rotatable bonds is 0. The minimum Gasteiger partial charge on any atom is -0.354 e. The number of nitro groups is 1. The summed E-state index contributed by atoms with van der Waals surface area (Å²) >= 11 is 0. The molecule has 2 N–H and O–H groups in total. The second kappa shape index (κ2) is 2.03. The van der Waals surface area contributed by atoms with Crippen LogP contribution in [0.2, 0.25) is 0 Å². The maximum Gasteiger partial charge on any atom is 0.313 e. The first-order chi connectivity index (χ1) is 2.77. The Hall–Kier alpha value is -1.24. The van der Waals surface area contributed by atoms with Crippen molar-refractivity contribution in [2.45, 2.75) is 0 Å². The molecule has 0 spiro atoms. The van der Waals surface area contributed by atoms with Gasteiger partial charge in [-0.1, -0.05) is 0 Å². The molecule has 0 aromatic carbocycles. The Kier molecular flexibility index (Phi) is 1.61. The molecule has 4 nitrogen and oxygen atoms in total. The number of hydrogen-bond acceptors (Lipinski definition) is 3. The molecule has 0 saturated carbocycles. The Labute approximate surface area is 34.1 Å². The minimum atomic E-state index is -0.806. The first kappa shape index (κ1) is 4.76. The molecule has 4 heteroatoms. The van der Waals surface area contributed by atoms with Crippen LogP contribution in [0, 0.1) is 22.2 Å². The monoisotopic (exact) mass is 86.0 g/mol. The van der Waals surface area contributed by atoms with E-state index in [1.54, 1.807) is 6.04 Å². The zero-order chi connectivity index (χ0) is 4.99. The Morgan fingerprint density at radius 2 is 2.33 bits per heavy atom. The summed E-state index contributed by atoms with van der Waals surface area (Å²) in [7, 11) is 0. The normalized spacial score (nSPS) is 5.33. The molecule has 0 atom stereocenters. The number of nitrogens with two attached hydrogens (primary N) is 1. The maximum absolute atomic E-state index is 9.15. The van der Waals surface area contributed by atoms with Crippen molar-refractivity contribution in [1.29, 1.82) is 0 Å². The van der Waals surface area contributed by atoms with Gasteiger partial charge < -0.3 is 5.73 Å².